The topological polar surface area (TPSA) is 120 Å². The molecule has 0 aliphatic carbocycles. The summed E-state index contributed by atoms with van der Waals surface area (Å²) in [4.78, 5) is 37.1. The van der Waals surface area contributed by atoms with Gasteiger partial charge in [-0.05, 0) is 74.1 Å². The molecule has 2 atom stereocenters. The van der Waals surface area contributed by atoms with Gasteiger partial charge in [-0.1, -0.05) is 18.2 Å². The zero-order valence-electron chi connectivity index (χ0n) is 24.7. The van der Waals surface area contributed by atoms with Gasteiger partial charge in [0.05, 0.1) is 25.9 Å². The number of carbonyl (C=O) groups is 2. The molecule has 11 nitrogen and oxygen atoms in total. The van der Waals surface area contributed by atoms with Crippen LogP contribution in [0.25, 0.3) is 5.78 Å². The van der Waals surface area contributed by atoms with Crippen molar-refractivity contribution in [3.8, 4) is 17.2 Å². The van der Waals surface area contributed by atoms with Gasteiger partial charge in [-0.3, -0.25) is 9.59 Å². The molecule has 0 unspecified atom stereocenters. The van der Waals surface area contributed by atoms with Crippen molar-refractivity contribution >= 4 is 17.6 Å². The summed E-state index contributed by atoms with van der Waals surface area (Å²) in [6.07, 6.45) is 3.60. The number of amides is 2. The number of nitrogens with one attached hydrogen (secondary N) is 1. The number of carbonyl (C=O) groups excluding carboxylic acids is 2. The van der Waals surface area contributed by atoms with E-state index < -0.39 is 0 Å². The van der Waals surface area contributed by atoms with E-state index in [-0.39, 0.29) is 24.0 Å². The molecule has 4 heterocycles. The minimum Gasteiger partial charge on any atom is -0.493 e. The number of benzene rings is 2. The van der Waals surface area contributed by atoms with Crippen molar-refractivity contribution in [1.29, 1.82) is 0 Å². The van der Waals surface area contributed by atoms with E-state index in [0.29, 0.717) is 74.8 Å². The molecular formula is C32H36N6O5. The van der Waals surface area contributed by atoms with Crippen LogP contribution in [0.3, 0.4) is 0 Å². The van der Waals surface area contributed by atoms with E-state index in [1.165, 1.54) is 6.33 Å². The normalized spacial score (nSPS) is 19.0. The molecule has 43 heavy (non-hydrogen) atoms. The molecule has 1 fully saturated rings. The molecule has 2 amide bonds. The molecule has 2 aliphatic rings. The van der Waals surface area contributed by atoms with E-state index in [1.54, 1.807) is 11.6 Å². The van der Waals surface area contributed by atoms with Crippen LogP contribution in [0.15, 0.2) is 48.8 Å². The molecule has 6 rings (SSSR count). The summed E-state index contributed by atoms with van der Waals surface area (Å²) in [5.41, 5.74) is 4.71. The first-order valence-corrected chi connectivity index (χ1v) is 14.7. The fourth-order valence-corrected chi connectivity index (χ4v) is 5.92. The van der Waals surface area contributed by atoms with E-state index in [0.717, 1.165) is 28.1 Å². The third-order valence-corrected chi connectivity index (χ3v) is 8.29. The average Bonchev–Trinajstić information content (AvgIpc) is 3.48. The first-order valence-electron chi connectivity index (χ1n) is 14.7. The van der Waals surface area contributed by atoms with E-state index in [1.807, 2.05) is 61.2 Å². The average molecular weight is 585 g/mol. The molecule has 4 aromatic rings. The number of fused-ring (bicyclic) bond motifs is 6. The molecule has 4 bridgehead atoms. The number of hydrogen-bond acceptors (Lipinski definition) is 8. The Morgan fingerprint density at radius 1 is 1.14 bits per heavy atom. The molecule has 2 aromatic heterocycles. The van der Waals surface area contributed by atoms with Gasteiger partial charge in [0.15, 0.2) is 11.5 Å². The Bertz CT molecular complexity index is 1650. The van der Waals surface area contributed by atoms with E-state index in [9.17, 15) is 9.59 Å². The molecule has 0 radical (unpaired) electrons. The number of methoxy groups -OCH3 is 1. The summed E-state index contributed by atoms with van der Waals surface area (Å²) in [7, 11) is 1.61. The summed E-state index contributed by atoms with van der Waals surface area (Å²) in [5.74, 6) is 2.41. The fraction of sp³-hybridized carbons (Fsp3) is 0.406. The first kappa shape index (κ1) is 28.6. The molecule has 0 saturated carbocycles. The minimum atomic E-state index is -0.321. The molecular weight excluding hydrogens is 548 g/mol. The number of likely N-dealkylation sites (tertiary alicyclic amines) is 1. The highest BCUT2D eigenvalue weighted by atomic mass is 16.5. The van der Waals surface area contributed by atoms with Crippen molar-refractivity contribution in [2.24, 2.45) is 0 Å². The van der Waals surface area contributed by atoms with Gasteiger partial charge in [0.2, 0.25) is 11.8 Å². The van der Waals surface area contributed by atoms with Crippen molar-refractivity contribution in [2.75, 3.05) is 20.2 Å². The lowest BCUT2D eigenvalue weighted by Gasteiger charge is -2.39. The van der Waals surface area contributed by atoms with Gasteiger partial charge in [0.1, 0.15) is 12.1 Å². The maximum atomic E-state index is 13.4. The lowest BCUT2D eigenvalue weighted by Crippen LogP contribution is -2.57. The Morgan fingerprint density at radius 3 is 2.88 bits per heavy atom. The number of piperidine rings is 1. The second-order valence-corrected chi connectivity index (χ2v) is 11.1. The molecule has 2 aliphatic heterocycles. The van der Waals surface area contributed by atoms with Crippen LogP contribution in [0, 0.1) is 13.8 Å². The van der Waals surface area contributed by atoms with Crippen LogP contribution in [-0.2, 0) is 33.8 Å². The van der Waals surface area contributed by atoms with E-state index in [2.05, 4.69) is 20.4 Å². The van der Waals surface area contributed by atoms with Gasteiger partial charge in [-0.25, -0.2) is 9.50 Å². The third-order valence-electron chi connectivity index (χ3n) is 8.29. The molecule has 0 spiro atoms. The highest BCUT2D eigenvalue weighted by Crippen LogP contribution is 2.33. The molecule has 11 heteroatoms. The summed E-state index contributed by atoms with van der Waals surface area (Å²) in [5, 5.41) is 7.43. The Balaban J connectivity index is 1.17. The summed E-state index contributed by atoms with van der Waals surface area (Å²) >= 11 is 0. The SMILES string of the molecule is COc1ccc2cc1Oc1cccc(c1)CO[C@@H]1CCN(C(=O)CCc3c(C)nc4ncnn4c3C)C[C@@H]1NC(=O)CC2. The van der Waals surface area contributed by atoms with Crippen molar-refractivity contribution in [3.05, 3.63) is 76.9 Å². The van der Waals surface area contributed by atoms with Gasteiger partial charge >= 0.3 is 0 Å². The standard InChI is InChI=1S/C32H36N6O5/c1-20-25(21(2)38-32(35-20)33-19-34-38)9-12-31(40)37-14-13-27-26(17-37)36-30(39)11-8-22-7-10-28(41-3)29(16-22)43-24-6-4-5-23(15-24)18-42-27/h4-7,10,15-16,19,26-27H,8-9,11-14,17-18H2,1-3H3,(H,36,39)/t26-,27+/m0/s1. The number of rotatable bonds is 4. The highest BCUT2D eigenvalue weighted by Gasteiger charge is 2.33. The van der Waals surface area contributed by atoms with Gasteiger partial charge in [-0.15, -0.1) is 0 Å². The monoisotopic (exact) mass is 584 g/mol. The number of ether oxygens (including phenoxy) is 3. The smallest absolute Gasteiger partial charge is 0.252 e. The van der Waals surface area contributed by atoms with Gasteiger partial charge in [0.25, 0.3) is 5.78 Å². The van der Waals surface area contributed by atoms with Crippen molar-refractivity contribution in [2.45, 2.75) is 64.7 Å². The molecule has 1 saturated heterocycles. The van der Waals surface area contributed by atoms with Gasteiger partial charge < -0.3 is 24.4 Å². The maximum Gasteiger partial charge on any atom is 0.252 e. The summed E-state index contributed by atoms with van der Waals surface area (Å²) in [6.45, 7) is 5.22. The third kappa shape index (κ3) is 6.31. The molecule has 224 valence electrons. The van der Waals surface area contributed by atoms with Crippen LogP contribution >= 0.6 is 0 Å². The Morgan fingerprint density at radius 2 is 2.02 bits per heavy atom. The van der Waals surface area contributed by atoms with Gasteiger partial charge in [-0.2, -0.15) is 10.1 Å². The van der Waals surface area contributed by atoms with Crippen LogP contribution in [0.4, 0.5) is 0 Å². The number of aromatic nitrogens is 4. The fourth-order valence-electron chi connectivity index (χ4n) is 5.92. The van der Waals surface area contributed by atoms with Crippen molar-refractivity contribution < 1.29 is 23.8 Å². The van der Waals surface area contributed by atoms with E-state index >= 15 is 0 Å². The first-order chi connectivity index (χ1) is 20.9. The maximum absolute atomic E-state index is 13.4. The Labute approximate surface area is 250 Å². The van der Waals surface area contributed by atoms with Crippen LogP contribution in [0.1, 0.15) is 47.3 Å². The largest absolute Gasteiger partial charge is 0.493 e. The number of hydrogen-bond donors (Lipinski definition) is 1. The zero-order valence-corrected chi connectivity index (χ0v) is 24.7. The Hall–Kier alpha value is -4.51. The van der Waals surface area contributed by atoms with Crippen LogP contribution in [0.5, 0.6) is 17.2 Å². The zero-order chi connectivity index (χ0) is 29.9. The van der Waals surface area contributed by atoms with Crippen LogP contribution < -0.4 is 14.8 Å². The Kier molecular flexibility index (Phi) is 8.24. The van der Waals surface area contributed by atoms with Crippen LogP contribution in [0.2, 0.25) is 0 Å². The van der Waals surface area contributed by atoms with Crippen molar-refractivity contribution in [1.82, 2.24) is 29.8 Å². The summed E-state index contributed by atoms with van der Waals surface area (Å²) in [6, 6.07) is 13.2. The van der Waals surface area contributed by atoms with Gasteiger partial charge in [0, 0.05) is 37.3 Å². The number of nitrogens with zero attached hydrogens (tertiary/aromatic N) is 5. The predicted molar refractivity (Wildman–Crippen MR) is 158 cm³/mol. The van der Waals surface area contributed by atoms with E-state index in [4.69, 9.17) is 14.2 Å². The van der Waals surface area contributed by atoms with Crippen molar-refractivity contribution in [3.63, 3.8) is 0 Å². The second-order valence-electron chi connectivity index (χ2n) is 11.1. The molecule has 2 aromatic carbocycles. The lowest BCUT2D eigenvalue weighted by molar-refractivity contribution is -0.137. The minimum absolute atomic E-state index is 0.0386. The second kappa shape index (κ2) is 12.4. The quantitative estimate of drug-likeness (QED) is 0.386. The lowest BCUT2D eigenvalue weighted by atomic mass is 9.99. The molecule has 1 N–H and O–H groups in total. The summed E-state index contributed by atoms with van der Waals surface area (Å²) < 4.78 is 19.7. The predicted octanol–water partition coefficient (Wildman–Crippen LogP) is 3.72. The van der Waals surface area contributed by atoms with Crippen LogP contribution in [-0.4, -0.2) is 68.6 Å². The number of aryl methyl sites for hydroxylation is 3. The highest BCUT2D eigenvalue weighted by molar-refractivity contribution is 5.78.